The van der Waals surface area contributed by atoms with Crippen LogP contribution in [0.3, 0.4) is 0 Å². The fourth-order valence-corrected chi connectivity index (χ4v) is 2.86. The minimum absolute atomic E-state index is 0.358. The van der Waals surface area contributed by atoms with Crippen molar-refractivity contribution in [2.45, 2.75) is 25.4 Å². The van der Waals surface area contributed by atoms with Crippen molar-refractivity contribution in [2.24, 2.45) is 0 Å². The lowest BCUT2D eigenvalue weighted by atomic mass is 10.0. The van der Waals surface area contributed by atoms with E-state index < -0.39 is 0 Å². The first kappa shape index (κ1) is 12.6. The summed E-state index contributed by atoms with van der Waals surface area (Å²) in [6, 6.07) is 4.99. The average Bonchev–Trinajstić information content (AvgIpc) is 2.86. The monoisotopic (exact) mass is 275 g/mol. The van der Waals surface area contributed by atoms with Gasteiger partial charge in [-0.15, -0.1) is 17.9 Å². The number of allylic oxidation sites excluding steroid dienone is 1. The van der Waals surface area contributed by atoms with E-state index in [0.717, 1.165) is 28.9 Å². The van der Waals surface area contributed by atoms with Gasteiger partial charge < -0.3 is 10.2 Å². The molecule has 0 saturated carbocycles. The van der Waals surface area contributed by atoms with Gasteiger partial charge >= 0.3 is 0 Å². The van der Waals surface area contributed by atoms with Crippen LogP contribution >= 0.6 is 11.3 Å². The summed E-state index contributed by atoms with van der Waals surface area (Å²) in [6.45, 7) is 6.86. The smallest absolute Gasteiger partial charge is 0.174 e. The van der Waals surface area contributed by atoms with Crippen molar-refractivity contribution >= 4 is 21.6 Å². The largest absolute Gasteiger partial charge is 0.406 e. The number of nitrogens with zero attached hydrogens (tertiary/aromatic N) is 1. The number of fused-ring (bicyclic) bond motifs is 1. The van der Waals surface area contributed by atoms with Crippen LogP contribution in [-0.4, -0.2) is 23.6 Å². The summed E-state index contributed by atoms with van der Waals surface area (Å²) in [6.07, 6.45) is 2.74. The number of benzene rings is 1. The minimum Gasteiger partial charge on any atom is -0.406 e. The van der Waals surface area contributed by atoms with E-state index >= 15 is 0 Å². The van der Waals surface area contributed by atoms with Crippen molar-refractivity contribution in [1.82, 2.24) is 15.8 Å². The van der Waals surface area contributed by atoms with Gasteiger partial charge in [-0.1, -0.05) is 6.08 Å². The van der Waals surface area contributed by atoms with Gasteiger partial charge in [0.05, 0.1) is 16.3 Å². The molecule has 2 aromatic rings. The SMILES string of the molecule is C=CCc1cc(ONC2CNC2C)c2ncsc2c1. The molecule has 1 saturated heterocycles. The van der Waals surface area contributed by atoms with Crippen LogP contribution in [0, 0.1) is 0 Å². The van der Waals surface area contributed by atoms with Crippen LogP contribution in [0.2, 0.25) is 0 Å². The molecule has 1 fully saturated rings. The first-order valence-corrected chi connectivity index (χ1v) is 7.28. The van der Waals surface area contributed by atoms with Crippen LogP contribution in [0.1, 0.15) is 12.5 Å². The van der Waals surface area contributed by atoms with Crippen LogP contribution in [0.15, 0.2) is 30.3 Å². The lowest BCUT2D eigenvalue weighted by Gasteiger charge is -2.35. The molecule has 1 aliphatic heterocycles. The number of nitrogens with one attached hydrogen (secondary N) is 2. The predicted molar refractivity (Wildman–Crippen MR) is 78.5 cm³/mol. The third-order valence-electron chi connectivity index (χ3n) is 3.42. The van der Waals surface area contributed by atoms with Gasteiger partial charge in [0.15, 0.2) is 5.75 Å². The van der Waals surface area contributed by atoms with E-state index in [1.54, 1.807) is 11.3 Å². The van der Waals surface area contributed by atoms with E-state index in [1.165, 1.54) is 5.56 Å². The maximum absolute atomic E-state index is 5.76. The van der Waals surface area contributed by atoms with Gasteiger partial charge in [0.1, 0.15) is 5.52 Å². The van der Waals surface area contributed by atoms with Gasteiger partial charge in [-0.05, 0) is 31.0 Å². The van der Waals surface area contributed by atoms with Gasteiger partial charge in [-0.3, -0.25) is 0 Å². The standard InChI is InChI=1S/C14H17N3OS/c1-3-4-10-5-12(14-13(6-10)19-8-16-14)18-17-11-7-15-9(11)2/h3,5-6,8-9,11,15,17H,1,4,7H2,2H3. The molecule has 100 valence electrons. The van der Waals surface area contributed by atoms with Crippen molar-refractivity contribution in [1.29, 1.82) is 0 Å². The number of hydrogen-bond acceptors (Lipinski definition) is 5. The Morgan fingerprint density at radius 3 is 3.21 bits per heavy atom. The molecule has 3 rings (SSSR count). The number of hydroxylamine groups is 1. The summed E-state index contributed by atoms with van der Waals surface area (Å²) in [5, 5.41) is 3.29. The normalized spacial score (nSPS) is 22.2. The Balaban J connectivity index is 1.83. The molecule has 2 heterocycles. The maximum Gasteiger partial charge on any atom is 0.174 e. The number of hydrogen-bond donors (Lipinski definition) is 2. The lowest BCUT2D eigenvalue weighted by molar-refractivity contribution is 0.100. The highest BCUT2D eigenvalue weighted by atomic mass is 32.1. The van der Waals surface area contributed by atoms with E-state index in [4.69, 9.17) is 4.84 Å². The summed E-state index contributed by atoms with van der Waals surface area (Å²) < 4.78 is 1.15. The Bertz CT molecular complexity index is 595. The summed E-state index contributed by atoms with van der Waals surface area (Å²) in [7, 11) is 0. The quantitative estimate of drug-likeness (QED) is 0.649. The summed E-state index contributed by atoms with van der Waals surface area (Å²) in [5.74, 6) is 0.801. The molecule has 1 aromatic carbocycles. The fourth-order valence-electron chi connectivity index (χ4n) is 2.11. The molecule has 1 aliphatic rings. The minimum atomic E-state index is 0.358. The highest BCUT2D eigenvalue weighted by Crippen LogP contribution is 2.29. The molecule has 4 nitrogen and oxygen atoms in total. The maximum atomic E-state index is 5.76. The Kier molecular flexibility index (Phi) is 3.50. The molecule has 0 radical (unpaired) electrons. The molecular weight excluding hydrogens is 258 g/mol. The summed E-state index contributed by atoms with van der Waals surface area (Å²) in [5.41, 5.74) is 7.08. The zero-order valence-corrected chi connectivity index (χ0v) is 11.7. The van der Waals surface area contributed by atoms with E-state index in [-0.39, 0.29) is 0 Å². The van der Waals surface area contributed by atoms with Crippen molar-refractivity contribution in [3.05, 3.63) is 35.9 Å². The fraction of sp³-hybridized carbons (Fsp3) is 0.357. The van der Waals surface area contributed by atoms with Gasteiger partial charge in [-0.2, -0.15) is 5.48 Å². The molecule has 1 aromatic heterocycles. The number of aromatic nitrogens is 1. The molecule has 0 spiro atoms. The van der Waals surface area contributed by atoms with E-state index in [9.17, 15) is 0 Å². The van der Waals surface area contributed by atoms with Crippen molar-refractivity contribution < 1.29 is 4.84 Å². The van der Waals surface area contributed by atoms with E-state index in [2.05, 4.69) is 35.3 Å². The third-order valence-corrected chi connectivity index (χ3v) is 4.20. The topological polar surface area (TPSA) is 46.2 Å². The number of rotatable bonds is 5. The number of thiazole rings is 1. The third kappa shape index (κ3) is 2.49. The molecule has 0 aliphatic carbocycles. The zero-order valence-electron chi connectivity index (χ0n) is 10.8. The molecular formula is C14H17N3OS. The van der Waals surface area contributed by atoms with Gasteiger partial charge in [0, 0.05) is 12.6 Å². The van der Waals surface area contributed by atoms with Crippen LogP contribution < -0.4 is 15.6 Å². The lowest BCUT2D eigenvalue weighted by Crippen LogP contribution is -2.62. The zero-order chi connectivity index (χ0) is 13.2. The van der Waals surface area contributed by atoms with Gasteiger partial charge in [-0.25, -0.2) is 4.98 Å². The Morgan fingerprint density at radius 2 is 2.53 bits per heavy atom. The molecule has 0 bridgehead atoms. The average molecular weight is 275 g/mol. The molecule has 19 heavy (non-hydrogen) atoms. The van der Waals surface area contributed by atoms with Crippen molar-refractivity contribution in [3.8, 4) is 5.75 Å². The molecule has 2 unspecified atom stereocenters. The molecule has 0 amide bonds. The molecule has 5 heteroatoms. The highest BCUT2D eigenvalue weighted by molar-refractivity contribution is 7.16. The van der Waals surface area contributed by atoms with Crippen molar-refractivity contribution in [3.63, 3.8) is 0 Å². The van der Waals surface area contributed by atoms with Crippen LogP contribution in [0.4, 0.5) is 0 Å². The highest BCUT2D eigenvalue weighted by Gasteiger charge is 2.26. The Hall–Kier alpha value is -1.43. The Labute approximate surface area is 116 Å². The second kappa shape index (κ2) is 5.28. The second-order valence-electron chi connectivity index (χ2n) is 4.81. The second-order valence-corrected chi connectivity index (χ2v) is 5.70. The van der Waals surface area contributed by atoms with Crippen LogP contribution in [0.25, 0.3) is 10.2 Å². The van der Waals surface area contributed by atoms with Crippen molar-refractivity contribution in [2.75, 3.05) is 6.54 Å². The van der Waals surface area contributed by atoms with Crippen LogP contribution in [0.5, 0.6) is 5.75 Å². The van der Waals surface area contributed by atoms with E-state index in [1.807, 2.05) is 17.7 Å². The predicted octanol–water partition coefficient (Wildman–Crippen LogP) is 2.27. The van der Waals surface area contributed by atoms with Crippen LogP contribution in [-0.2, 0) is 6.42 Å². The Morgan fingerprint density at radius 1 is 1.63 bits per heavy atom. The first-order chi connectivity index (χ1) is 9.28. The summed E-state index contributed by atoms with van der Waals surface area (Å²) >= 11 is 1.63. The molecule has 2 atom stereocenters. The van der Waals surface area contributed by atoms with E-state index in [0.29, 0.717) is 12.1 Å². The molecule has 2 N–H and O–H groups in total. The first-order valence-electron chi connectivity index (χ1n) is 6.40. The summed E-state index contributed by atoms with van der Waals surface area (Å²) in [4.78, 5) is 10.1. The van der Waals surface area contributed by atoms with Gasteiger partial charge in [0.2, 0.25) is 0 Å². The van der Waals surface area contributed by atoms with Gasteiger partial charge in [0.25, 0.3) is 0 Å².